The van der Waals surface area contributed by atoms with E-state index in [-0.39, 0.29) is 4.90 Å². The molecular weight excluding hydrogens is 252 g/mol. The molecule has 0 radical (unpaired) electrons. The normalized spacial score (nSPS) is 12.1. The number of primary sulfonamides is 1. The van der Waals surface area contributed by atoms with E-state index in [1.165, 1.54) is 18.5 Å². The van der Waals surface area contributed by atoms with Gasteiger partial charge in [-0.1, -0.05) is 6.07 Å². The van der Waals surface area contributed by atoms with Crippen LogP contribution in [0.25, 0.3) is 0 Å². The molecule has 18 heavy (non-hydrogen) atoms. The first-order chi connectivity index (χ1) is 8.47. The van der Waals surface area contributed by atoms with Crippen LogP contribution in [-0.4, -0.2) is 14.6 Å². The first kappa shape index (κ1) is 12.5. The number of aryl methyl sites for hydroxylation is 1. The van der Waals surface area contributed by atoms with Crippen LogP contribution in [0.1, 0.15) is 11.3 Å². The first-order valence-corrected chi connectivity index (χ1v) is 6.72. The van der Waals surface area contributed by atoms with Crippen LogP contribution in [0.2, 0.25) is 0 Å². The summed E-state index contributed by atoms with van der Waals surface area (Å²) in [6.45, 7) is 1.68. The van der Waals surface area contributed by atoms with Crippen molar-refractivity contribution < 1.29 is 12.8 Å². The van der Waals surface area contributed by atoms with Crippen molar-refractivity contribution in [3.8, 4) is 0 Å². The quantitative estimate of drug-likeness (QED) is 0.860. The highest BCUT2D eigenvalue weighted by atomic mass is 32.2. The van der Waals surface area contributed by atoms with Gasteiger partial charge in [0.15, 0.2) is 0 Å². The molecule has 5 nitrogen and oxygen atoms in total. The highest BCUT2D eigenvalue weighted by Crippen LogP contribution is 2.21. The maximum Gasteiger partial charge on any atom is 0.238 e. The zero-order chi connectivity index (χ0) is 13.2. The van der Waals surface area contributed by atoms with Gasteiger partial charge < -0.3 is 4.42 Å². The molecule has 0 saturated heterocycles. The number of furan rings is 1. The lowest BCUT2D eigenvalue weighted by molar-refractivity contribution is 0.560. The molecule has 1 aromatic carbocycles. The molecule has 2 N–H and O–H groups in total. The van der Waals surface area contributed by atoms with Gasteiger partial charge in [0.25, 0.3) is 0 Å². The summed E-state index contributed by atoms with van der Waals surface area (Å²) in [5.41, 5.74) is 1.09. The van der Waals surface area contributed by atoms with Crippen molar-refractivity contribution in [3.05, 3.63) is 47.9 Å². The predicted molar refractivity (Wildman–Crippen MR) is 68.5 cm³/mol. The van der Waals surface area contributed by atoms with E-state index < -0.39 is 10.0 Å². The smallest absolute Gasteiger partial charge is 0.238 e. The fraction of sp³-hybridized carbons (Fsp3) is 0.0833. The van der Waals surface area contributed by atoms with Crippen molar-refractivity contribution in [1.82, 2.24) is 0 Å². The molecule has 0 spiro atoms. The number of aliphatic imine (C=N–C) groups is 1. The second kappa shape index (κ2) is 4.75. The SMILES string of the molecule is Cc1ccc(N=Cc2ccco2)cc1S(N)(=O)=O. The number of nitrogens with zero attached hydrogens (tertiary/aromatic N) is 1. The molecular formula is C12H12N2O3S. The highest BCUT2D eigenvalue weighted by Gasteiger charge is 2.11. The first-order valence-electron chi connectivity index (χ1n) is 5.18. The van der Waals surface area contributed by atoms with Gasteiger partial charge in [-0.25, -0.2) is 13.6 Å². The minimum atomic E-state index is -3.73. The molecule has 2 rings (SSSR count). The fourth-order valence-corrected chi connectivity index (χ4v) is 2.28. The summed E-state index contributed by atoms with van der Waals surface area (Å²) >= 11 is 0. The molecule has 0 bridgehead atoms. The van der Waals surface area contributed by atoms with E-state index in [1.807, 2.05) is 0 Å². The van der Waals surface area contributed by atoms with Crippen LogP contribution in [0.15, 0.2) is 50.9 Å². The summed E-state index contributed by atoms with van der Waals surface area (Å²) in [5.74, 6) is 0.590. The zero-order valence-corrected chi connectivity index (χ0v) is 10.5. The Labute approximate surface area is 105 Å². The Balaban J connectivity index is 2.36. The Morgan fingerprint density at radius 2 is 2.11 bits per heavy atom. The van der Waals surface area contributed by atoms with E-state index in [9.17, 15) is 8.42 Å². The average molecular weight is 264 g/mol. The van der Waals surface area contributed by atoms with E-state index >= 15 is 0 Å². The molecule has 0 atom stereocenters. The summed E-state index contributed by atoms with van der Waals surface area (Å²) in [5, 5.41) is 5.12. The van der Waals surface area contributed by atoms with Crippen LogP contribution in [0.3, 0.4) is 0 Å². The minimum Gasteiger partial charge on any atom is -0.463 e. The molecule has 0 aliphatic rings. The Morgan fingerprint density at radius 1 is 1.33 bits per heavy atom. The minimum absolute atomic E-state index is 0.0802. The number of nitrogens with two attached hydrogens (primary N) is 1. The summed E-state index contributed by atoms with van der Waals surface area (Å²) in [4.78, 5) is 4.21. The third-order valence-corrected chi connectivity index (χ3v) is 3.42. The largest absolute Gasteiger partial charge is 0.463 e. The highest BCUT2D eigenvalue weighted by molar-refractivity contribution is 7.89. The van der Waals surface area contributed by atoms with Gasteiger partial charge >= 0.3 is 0 Å². The summed E-state index contributed by atoms with van der Waals surface area (Å²) in [6, 6.07) is 8.30. The number of rotatable bonds is 3. The molecule has 1 heterocycles. The molecule has 0 fully saturated rings. The van der Waals surface area contributed by atoms with Crippen molar-refractivity contribution in [2.75, 3.05) is 0 Å². The zero-order valence-electron chi connectivity index (χ0n) is 9.70. The van der Waals surface area contributed by atoms with Crippen molar-refractivity contribution in [3.63, 3.8) is 0 Å². The second-order valence-electron chi connectivity index (χ2n) is 3.77. The lowest BCUT2D eigenvalue weighted by Gasteiger charge is -2.03. The standard InChI is InChI=1S/C12H12N2O3S/c1-9-4-5-10(7-12(9)18(13,15)16)14-8-11-3-2-6-17-11/h2-8H,1H3,(H2,13,15,16). The average Bonchev–Trinajstić information content (AvgIpc) is 2.79. The molecule has 0 amide bonds. The van der Waals surface area contributed by atoms with E-state index in [0.717, 1.165) is 0 Å². The number of hydrogen-bond acceptors (Lipinski definition) is 4. The molecule has 6 heteroatoms. The second-order valence-corrected chi connectivity index (χ2v) is 5.30. The molecule has 0 unspecified atom stereocenters. The molecule has 0 aliphatic carbocycles. The summed E-state index contributed by atoms with van der Waals surface area (Å²) in [6.07, 6.45) is 3.05. The maximum absolute atomic E-state index is 11.3. The monoisotopic (exact) mass is 264 g/mol. The topological polar surface area (TPSA) is 85.7 Å². The number of sulfonamides is 1. The molecule has 2 aromatic rings. The molecule has 0 saturated carbocycles. The molecule has 1 aromatic heterocycles. The predicted octanol–water partition coefficient (Wildman–Crippen LogP) is 1.99. The van der Waals surface area contributed by atoms with Gasteiger partial charge in [-0.2, -0.15) is 0 Å². The lowest BCUT2D eigenvalue weighted by atomic mass is 10.2. The summed E-state index contributed by atoms with van der Waals surface area (Å²) < 4.78 is 27.8. The van der Waals surface area contributed by atoms with Crippen LogP contribution in [-0.2, 0) is 10.0 Å². The van der Waals surface area contributed by atoms with Gasteiger partial charge in [-0.3, -0.25) is 4.99 Å². The van der Waals surface area contributed by atoms with E-state index in [4.69, 9.17) is 9.56 Å². The van der Waals surface area contributed by atoms with Crippen LogP contribution < -0.4 is 5.14 Å². The Morgan fingerprint density at radius 3 is 2.72 bits per heavy atom. The summed E-state index contributed by atoms with van der Waals surface area (Å²) in [7, 11) is -3.73. The van der Waals surface area contributed by atoms with Crippen molar-refractivity contribution in [2.45, 2.75) is 11.8 Å². The van der Waals surface area contributed by atoms with E-state index in [0.29, 0.717) is 17.0 Å². The van der Waals surface area contributed by atoms with Crippen molar-refractivity contribution in [2.24, 2.45) is 10.1 Å². The van der Waals surface area contributed by atoms with Gasteiger partial charge in [-0.15, -0.1) is 0 Å². The van der Waals surface area contributed by atoms with Crippen molar-refractivity contribution >= 4 is 21.9 Å². The van der Waals surface area contributed by atoms with Gasteiger partial charge in [0.2, 0.25) is 10.0 Å². The Bertz CT molecular complexity index is 673. The Kier molecular flexibility index (Phi) is 3.31. The maximum atomic E-state index is 11.3. The van der Waals surface area contributed by atoms with Crippen LogP contribution in [0, 0.1) is 6.92 Å². The van der Waals surface area contributed by atoms with Crippen molar-refractivity contribution in [1.29, 1.82) is 0 Å². The number of benzene rings is 1. The fourth-order valence-electron chi connectivity index (χ4n) is 1.48. The number of hydrogen-bond donors (Lipinski definition) is 1. The molecule has 0 aliphatic heterocycles. The third kappa shape index (κ3) is 2.85. The van der Waals surface area contributed by atoms with Gasteiger partial charge in [-0.05, 0) is 36.8 Å². The van der Waals surface area contributed by atoms with Crippen LogP contribution in [0.4, 0.5) is 5.69 Å². The van der Waals surface area contributed by atoms with E-state index in [2.05, 4.69) is 4.99 Å². The van der Waals surface area contributed by atoms with Crippen LogP contribution >= 0.6 is 0 Å². The Hall–Kier alpha value is -1.92. The van der Waals surface area contributed by atoms with Crippen LogP contribution in [0.5, 0.6) is 0 Å². The van der Waals surface area contributed by atoms with Gasteiger partial charge in [0, 0.05) is 0 Å². The lowest BCUT2D eigenvalue weighted by Crippen LogP contribution is -2.13. The van der Waals surface area contributed by atoms with Gasteiger partial charge in [0.05, 0.1) is 23.1 Å². The van der Waals surface area contributed by atoms with E-state index in [1.54, 1.807) is 31.2 Å². The van der Waals surface area contributed by atoms with Gasteiger partial charge in [0.1, 0.15) is 5.76 Å². The third-order valence-electron chi connectivity index (χ3n) is 2.36. The molecule has 94 valence electrons.